The molecule has 0 aliphatic rings. The fraction of sp³-hybridized carbons (Fsp3) is 0.600. The number of unbranched alkanes of at least 4 members (excludes halogenated alkanes) is 1. The molecule has 2 aromatic heterocycles. The van der Waals surface area contributed by atoms with E-state index in [2.05, 4.69) is 40.6 Å². The van der Waals surface area contributed by atoms with Crippen molar-refractivity contribution in [2.24, 2.45) is 0 Å². The molecular formula is C15H24N4O. The molecule has 0 atom stereocenters. The normalized spacial score (nSPS) is 11.2. The average molecular weight is 276 g/mol. The predicted molar refractivity (Wildman–Crippen MR) is 82.1 cm³/mol. The van der Waals surface area contributed by atoms with Gasteiger partial charge in [-0.15, -0.1) is 0 Å². The highest BCUT2D eigenvalue weighted by Crippen LogP contribution is 2.28. The Morgan fingerprint density at radius 3 is 2.75 bits per heavy atom. The lowest BCUT2D eigenvalue weighted by Crippen LogP contribution is -2.05. The summed E-state index contributed by atoms with van der Waals surface area (Å²) in [5.74, 6) is 0.923. The van der Waals surface area contributed by atoms with E-state index in [4.69, 9.17) is 5.11 Å². The number of fused-ring (bicyclic) bond motifs is 1. The van der Waals surface area contributed by atoms with Crippen LogP contribution >= 0.6 is 0 Å². The third-order valence-electron chi connectivity index (χ3n) is 3.77. The minimum absolute atomic E-state index is 0.199. The number of aryl methyl sites for hydroxylation is 2. The SMILES string of the molecule is CCCCNc1ncnc2c1c(C)c(C)n2CCCO. The number of hydrogen-bond acceptors (Lipinski definition) is 4. The van der Waals surface area contributed by atoms with E-state index in [1.807, 2.05) is 0 Å². The molecule has 2 heterocycles. The van der Waals surface area contributed by atoms with E-state index in [9.17, 15) is 0 Å². The van der Waals surface area contributed by atoms with Gasteiger partial charge >= 0.3 is 0 Å². The van der Waals surface area contributed by atoms with Crippen LogP contribution in [0.25, 0.3) is 11.0 Å². The zero-order valence-corrected chi connectivity index (χ0v) is 12.6. The summed E-state index contributed by atoms with van der Waals surface area (Å²) in [6.07, 6.45) is 4.66. The molecule has 0 bridgehead atoms. The van der Waals surface area contributed by atoms with Gasteiger partial charge in [-0.3, -0.25) is 0 Å². The van der Waals surface area contributed by atoms with E-state index < -0.39 is 0 Å². The van der Waals surface area contributed by atoms with Gasteiger partial charge in [-0.1, -0.05) is 13.3 Å². The second-order valence-corrected chi connectivity index (χ2v) is 5.14. The fourth-order valence-corrected chi connectivity index (χ4v) is 2.49. The summed E-state index contributed by atoms with van der Waals surface area (Å²) in [5, 5.41) is 13.6. The second kappa shape index (κ2) is 6.70. The molecule has 110 valence electrons. The van der Waals surface area contributed by atoms with Crippen LogP contribution in [0.5, 0.6) is 0 Å². The number of anilines is 1. The number of aromatic nitrogens is 3. The fourth-order valence-electron chi connectivity index (χ4n) is 2.49. The summed E-state index contributed by atoms with van der Waals surface area (Å²) in [4.78, 5) is 8.82. The summed E-state index contributed by atoms with van der Waals surface area (Å²) in [7, 11) is 0. The zero-order valence-electron chi connectivity index (χ0n) is 12.6. The van der Waals surface area contributed by atoms with Gasteiger partial charge in [-0.2, -0.15) is 0 Å². The van der Waals surface area contributed by atoms with Crippen molar-refractivity contribution in [3.8, 4) is 0 Å². The van der Waals surface area contributed by atoms with Crippen molar-refractivity contribution >= 4 is 16.9 Å². The predicted octanol–water partition coefficient (Wildman–Crippen LogP) is 2.64. The van der Waals surface area contributed by atoms with Gasteiger partial charge in [0.05, 0.1) is 5.39 Å². The molecule has 0 saturated carbocycles. The van der Waals surface area contributed by atoms with Crippen molar-refractivity contribution in [2.45, 2.75) is 46.6 Å². The first-order chi connectivity index (χ1) is 9.70. The van der Waals surface area contributed by atoms with Crippen LogP contribution in [0, 0.1) is 13.8 Å². The Labute approximate surface area is 120 Å². The third kappa shape index (κ3) is 2.77. The Hall–Kier alpha value is -1.62. The lowest BCUT2D eigenvalue weighted by Gasteiger charge is -2.07. The first-order valence-electron chi connectivity index (χ1n) is 7.35. The standard InChI is InChI=1S/C15H24N4O/c1-4-5-7-16-14-13-11(2)12(3)19(8-6-9-20)15(13)18-10-17-14/h10,20H,4-9H2,1-3H3,(H,16,17,18). The molecule has 0 fully saturated rings. The van der Waals surface area contributed by atoms with Crippen molar-refractivity contribution in [3.05, 3.63) is 17.6 Å². The topological polar surface area (TPSA) is 63.0 Å². The summed E-state index contributed by atoms with van der Waals surface area (Å²) >= 11 is 0. The molecule has 0 spiro atoms. The quantitative estimate of drug-likeness (QED) is 0.763. The van der Waals surface area contributed by atoms with Gasteiger partial charge in [0.1, 0.15) is 17.8 Å². The lowest BCUT2D eigenvalue weighted by molar-refractivity contribution is 0.280. The van der Waals surface area contributed by atoms with Gasteiger partial charge in [-0.25, -0.2) is 9.97 Å². The van der Waals surface area contributed by atoms with Crippen LogP contribution in [0.2, 0.25) is 0 Å². The van der Waals surface area contributed by atoms with Gasteiger partial charge in [-0.05, 0) is 32.3 Å². The van der Waals surface area contributed by atoms with Crippen LogP contribution in [0.15, 0.2) is 6.33 Å². The van der Waals surface area contributed by atoms with Crippen molar-refractivity contribution in [1.82, 2.24) is 14.5 Å². The van der Waals surface area contributed by atoms with Gasteiger partial charge in [0.15, 0.2) is 0 Å². The summed E-state index contributed by atoms with van der Waals surface area (Å²) in [6, 6.07) is 0. The number of hydrogen-bond donors (Lipinski definition) is 2. The van der Waals surface area contributed by atoms with E-state index in [-0.39, 0.29) is 6.61 Å². The number of aliphatic hydroxyl groups excluding tert-OH is 1. The maximum Gasteiger partial charge on any atom is 0.145 e. The summed E-state index contributed by atoms with van der Waals surface area (Å²) in [5.41, 5.74) is 3.38. The molecule has 2 aromatic rings. The van der Waals surface area contributed by atoms with Gasteiger partial charge in [0, 0.05) is 25.4 Å². The monoisotopic (exact) mass is 276 g/mol. The first kappa shape index (κ1) is 14.8. The van der Waals surface area contributed by atoms with Crippen LogP contribution < -0.4 is 5.32 Å². The minimum Gasteiger partial charge on any atom is -0.396 e. The third-order valence-corrected chi connectivity index (χ3v) is 3.77. The molecule has 5 nitrogen and oxygen atoms in total. The molecule has 0 unspecified atom stereocenters. The summed E-state index contributed by atoms with van der Waals surface area (Å²) < 4.78 is 2.17. The highest BCUT2D eigenvalue weighted by molar-refractivity contribution is 5.91. The highest BCUT2D eigenvalue weighted by atomic mass is 16.3. The molecule has 0 aliphatic carbocycles. The molecule has 0 radical (unpaired) electrons. The Bertz CT molecular complexity index is 577. The van der Waals surface area contributed by atoms with Crippen molar-refractivity contribution in [2.75, 3.05) is 18.5 Å². The highest BCUT2D eigenvalue weighted by Gasteiger charge is 2.15. The van der Waals surface area contributed by atoms with Crippen molar-refractivity contribution in [1.29, 1.82) is 0 Å². The second-order valence-electron chi connectivity index (χ2n) is 5.14. The Kier molecular flexibility index (Phi) is 4.95. The molecule has 2 rings (SSSR count). The molecule has 0 aromatic carbocycles. The number of aliphatic hydroxyl groups is 1. The molecule has 0 saturated heterocycles. The lowest BCUT2D eigenvalue weighted by atomic mass is 10.2. The van der Waals surface area contributed by atoms with Gasteiger partial charge in [0.25, 0.3) is 0 Å². The Morgan fingerprint density at radius 1 is 1.25 bits per heavy atom. The number of nitrogens with zero attached hydrogens (tertiary/aromatic N) is 3. The molecule has 0 amide bonds. The van der Waals surface area contributed by atoms with E-state index in [0.717, 1.165) is 49.2 Å². The van der Waals surface area contributed by atoms with E-state index in [1.165, 1.54) is 11.3 Å². The Balaban J connectivity index is 2.41. The largest absolute Gasteiger partial charge is 0.396 e. The van der Waals surface area contributed by atoms with E-state index in [0.29, 0.717) is 0 Å². The van der Waals surface area contributed by atoms with Crippen molar-refractivity contribution < 1.29 is 5.11 Å². The maximum atomic E-state index is 9.04. The summed E-state index contributed by atoms with van der Waals surface area (Å²) in [6.45, 7) is 8.32. The maximum absolute atomic E-state index is 9.04. The molecular weight excluding hydrogens is 252 g/mol. The molecule has 20 heavy (non-hydrogen) atoms. The van der Waals surface area contributed by atoms with Crippen LogP contribution in [0.3, 0.4) is 0 Å². The number of rotatable bonds is 7. The molecule has 0 aliphatic heterocycles. The first-order valence-corrected chi connectivity index (χ1v) is 7.35. The van der Waals surface area contributed by atoms with E-state index >= 15 is 0 Å². The average Bonchev–Trinajstić information content (AvgIpc) is 2.70. The van der Waals surface area contributed by atoms with Gasteiger partial charge in [0.2, 0.25) is 0 Å². The molecule has 5 heteroatoms. The minimum atomic E-state index is 0.199. The van der Waals surface area contributed by atoms with Crippen LogP contribution in [0.4, 0.5) is 5.82 Å². The Morgan fingerprint density at radius 2 is 2.05 bits per heavy atom. The van der Waals surface area contributed by atoms with Gasteiger partial charge < -0.3 is 15.0 Å². The zero-order chi connectivity index (χ0) is 14.5. The van der Waals surface area contributed by atoms with E-state index in [1.54, 1.807) is 6.33 Å². The smallest absolute Gasteiger partial charge is 0.145 e. The van der Waals surface area contributed by atoms with Crippen LogP contribution in [-0.2, 0) is 6.54 Å². The van der Waals surface area contributed by atoms with Crippen molar-refractivity contribution in [3.63, 3.8) is 0 Å². The number of nitrogens with one attached hydrogen (secondary N) is 1. The van der Waals surface area contributed by atoms with Crippen LogP contribution in [-0.4, -0.2) is 32.8 Å². The molecule has 2 N–H and O–H groups in total. The van der Waals surface area contributed by atoms with Crippen LogP contribution in [0.1, 0.15) is 37.4 Å².